The second-order valence-corrected chi connectivity index (χ2v) is 5.92. The number of carbonyl (C=O) groups excluding carboxylic acids is 1. The van der Waals surface area contributed by atoms with Crippen molar-refractivity contribution in [2.45, 2.75) is 4.90 Å². The molecule has 0 spiro atoms. The van der Waals surface area contributed by atoms with Gasteiger partial charge in [0.15, 0.2) is 0 Å². The molecule has 23 heavy (non-hydrogen) atoms. The molecule has 0 aliphatic rings. The summed E-state index contributed by atoms with van der Waals surface area (Å²) in [7, 11) is -3.79. The molecule has 0 aliphatic heterocycles. The van der Waals surface area contributed by atoms with Crippen LogP contribution < -0.4 is 16.0 Å². The topological polar surface area (TPSA) is 151 Å². The van der Waals surface area contributed by atoms with Crippen molar-refractivity contribution < 1.29 is 23.1 Å². The summed E-state index contributed by atoms with van der Waals surface area (Å²) in [4.78, 5) is 26.3. The zero-order valence-electron chi connectivity index (χ0n) is 11.6. The van der Waals surface area contributed by atoms with Gasteiger partial charge in [-0.3, -0.25) is 15.6 Å². The molecule has 0 aliphatic carbocycles. The molecule has 0 fully saturated rings. The van der Waals surface area contributed by atoms with E-state index in [-0.39, 0.29) is 16.3 Å². The molecule has 2 rings (SSSR count). The van der Waals surface area contributed by atoms with Crippen LogP contribution in [0.25, 0.3) is 0 Å². The summed E-state index contributed by atoms with van der Waals surface area (Å²) in [6.45, 7) is 0. The number of carboxylic acids is 1. The number of aromatic nitrogens is 1. The first-order valence-corrected chi connectivity index (χ1v) is 7.71. The first-order valence-electron chi connectivity index (χ1n) is 6.17. The molecular formula is C13H12N4O5S. The van der Waals surface area contributed by atoms with E-state index >= 15 is 0 Å². The molecule has 0 atom stereocenters. The number of nitrogens with zero attached hydrogens (tertiary/aromatic N) is 1. The fraction of sp³-hybridized carbons (Fsp3) is 0. The van der Waals surface area contributed by atoms with Crippen molar-refractivity contribution in [1.82, 2.24) is 10.4 Å². The number of pyridine rings is 1. The van der Waals surface area contributed by atoms with Crippen LogP contribution in [-0.4, -0.2) is 30.4 Å². The van der Waals surface area contributed by atoms with Crippen molar-refractivity contribution in [3.63, 3.8) is 0 Å². The van der Waals surface area contributed by atoms with E-state index < -0.39 is 21.9 Å². The van der Waals surface area contributed by atoms with Crippen LogP contribution in [0.15, 0.2) is 47.4 Å². The second kappa shape index (κ2) is 6.42. The minimum absolute atomic E-state index is 0.0646. The maximum Gasteiger partial charge on any atom is 0.354 e. The number of rotatable bonds is 5. The average Bonchev–Trinajstić information content (AvgIpc) is 2.52. The lowest BCUT2D eigenvalue weighted by molar-refractivity contribution is 0.0690. The number of carboxylic acid groups (broad SMARTS) is 1. The van der Waals surface area contributed by atoms with Gasteiger partial charge in [0, 0.05) is 0 Å². The normalized spacial score (nSPS) is 10.8. The molecule has 10 heteroatoms. The van der Waals surface area contributed by atoms with E-state index in [0.717, 1.165) is 0 Å². The largest absolute Gasteiger partial charge is 0.477 e. The highest BCUT2D eigenvalue weighted by Gasteiger charge is 2.11. The molecule has 0 radical (unpaired) electrons. The third kappa shape index (κ3) is 4.25. The van der Waals surface area contributed by atoms with Gasteiger partial charge in [0.1, 0.15) is 11.4 Å². The molecule has 5 N–H and O–H groups in total. The third-order valence-electron chi connectivity index (χ3n) is 2.70. The van der Waals surface area contributed by atoms with Gasteiger partial charge in [0.25, 0.3) is 5.91 Å². The Morgan fingerprint density at radius 2 is 1.65 bits per heavy atom. The highest BCUT2D eigenvalue weighted by Crippen LogP contribution is 2.11. The van der Waals surface area contributed by atoms with Crippen LogP contribution in [0.5, 0.6) is 0 Å². The number of carbonyl (C=O) groups is 2. The summed E-state index contributed by atoms with van der Waals surface area (Å²) < 4.78 is 22.2. The van der Waals surface area contributed by atoms with Gasteiger partial charge in [-0.15, -0.1) is 0 Å². The van der Waals surface area contributed by atoms with Crippen LogP contribution in [0.4, 0.5) is 5.69 Å². The number of anilines is 1. The summed E-state index contributed by atoms with van der Waals surface area (Å²) in [6, 6.07) is 9.36. The molecule has 0 saturated heterocycles. The van der Waals surface area contributed by atoms with Crippen molar-refractivity contribution in [3.05, 3.63) is 53.9 Å². The average molecular weight is 336 g/mol. The van der Waals surface area contributed by atoms with Crippen LogP contribution in [0.1, 0.15) is 21.0 Å². The van der Waals surface area contributed by atoms with Gasteiger partial charge in [-0.1, -0.05) is 6.07 Å². The quantitative estimate of drug-likeness (QED) is 0.568. The van der Waals surface area contributed by atoms with Gasteiger partial charge in [0.2, 0.25) is 10.0 Å². The Hall–Kier alpha value is -2.98. The molecule has 0 unspecified atom stereocenters. The number of amides is 1. The van der Waals surface area contributed by atoms with E-state index in [1.165, 1.54) is 42.5 Å². The van der Waals surface area contributed by atoms with Crippen LogP contribution in [0, 0.1) is 0 Å². The van der Waals surface area contributed by atoms with Gasteiger partial charge in [-0.2, -0.15) is 0 Å². The van der Waals surface area contributed by atoms with Crippen molar-refractivity contribution >= 4 is 27.6 Å². The Morgan fingerprint density at radius 3 is 2.22 bits per heavy atom. The zero-order chi connectivity index (χ0) is 17.0. The fourth-order valence-corrected chi connectivity index (χ4v) is 2.12. The summed E-state index contributed by atoms with van der Waals surface area (Å²) in [5.74, 6) is -1.89. The molecule has 1 heterocycles. The number of nitrogens with two attached hydrogens (primary N) is 1. The summed E-state index contributed by atoms with van der Waals surface area (Å²) in [5, 5.41) is 13.8. The van der Waals surface area contributed by atoms with Gasteiger partial charge in [0.05, 0.1) is 10.6 Å². The molecule has 0 saturated carbocycles. The number of benzene rings is 1. The number of aromatic carboxylic acids is 1. The Kier molecular flexibility index (Phi) is 4.57. The number of primary sulfonamides is 1. The first-order chi connectivity index (χ1) is 10.8. The highest BCUT2D eigenvalue weighted by molar-refractivity contribution is 7.89. The lowest BCUT2D eigenvalue weighted by Crippen LogP contribution is -2.30. The lowest BCUT2D eigenvalue weighted by atomic mass is 10.3. The van der Waals surface area contributed by atoms with Crippen molar-refractivity contribution in [3.8, 4) is 0 Å². The van der Waals surface area contributed by atoms with Crippen molar-refractivity contribution in [2.24, 2.45) is 5.14 Å². The van der Waals surface area contributed by atoms with Gasteiger partial charge < -0.3 is 5.11 Å². The minimum Gasteiger partial charge on any atom is -0.477 e. The van der Waals surface area contributed by atoms with Gasteiger partial charge in [-0.25, -0.2) is 23.3 Å². The molecule has 120 valence electrons. The maximum atomic E-state index is 11.9. The van der Waals surface area contributed by atoms with E-state index in [2.05, 4.69) is 15.8 Å². The number of nitrogens with one attached hydrogen (secondary N) is 2. The molecule has 9 nitrogen and oxygen atoms in total. The maximum absolute atomic E-state index is 11.9. The smallest absolute Gasteiger partial charge is 0.354 e. The number of hydrazine groups is 1. The number of sulfonamides is 1. The predicted octanol–water partition coefficient (Wildman–Crippen LogP) is 0.184. The number of hydrogen-bond donors (Lipinski definition) is 4. The molecule has 0 bridgehead atoms. The monoisotopic (exact) mass is 336 g/mol. The first kappa shape index (κ1) is 16.4. The fourth-order valence-electron chi connectivity index (χ4n) is 1.60. The van der Waals surface area contributed by atoms with Crippen LogP contribution in [-0.2, 0) is 10.0 Å². The third-order valence-corrected chi connectivity index (χ3v) is 3.63. The Morgan fingerprint density at radius 1 is 1.04 bits per heavy atom. The lowest BCUT2D eigenvalue weighted by Gasteiger charge is -2.08. The standard InChI is InChI=1S/C13H12N4O5S/c14-23(21,22)9-6-4-8(5-7-9)16-17-12(18)10-2-1-3-11(15-10)13(19)20/h1-7,16H,(H,17,18)(H,19,20)(H2,14,21,22). The molecule has 1 aromatic heterocycles. The summed E-state index contributed by atoms with van der Waals surface area (Å²) >= 11 is 0. The minimum atomic E-state index is -3.79. The van der Waals surface area contributed by atoms with Crippen LogP contribution in [0.3, 0.4) is 0 Å². The van der Waals surface area contributed by atoms with E-state index in [9.17, 15) is 18.0 Å². The SMILES string of the molecule is NS(=O)(=O)c1ccc(NNC(=O)c2cccc(C(=O)O)n2)cc1. The van der Waals surface area contributed by atoms with Gasteiger partial charge in [-0.05, 0) is 36.4 Å². The van der Waals surface area contributed by atoms with Crippen molar-refractivity contribution in [2.75, 3.05) is 5.43 Å². The zero-order valence-corrected chi connectivity index (χ0v) is 12.4. The molecule has 1 amide bonds. The predicted molar refractivity (Wildman–Crippen MR) is 80.1 cm³/mol. The highest BCUT2D eigenvalue weighted by atomic mass is 32.2. The Balaban J connectivity index is 2.04. The van der Waals surface area contributed by atoms with E-state index in [0.29, 0.717) is 5.69 Å². The van der Waals surface area contributed by atoms with Crippen molar-refractivity contribution in [1.29, 1.82) is 0 Å². The molecule has 1 aromatic carbocycles. The van der Waals surface area contributed by atoms with Gasteiger partial charge >= 0.3 is 5.97 Å². The number of hydrogen-bond acceptors (Lipinski definition) is 6. The van der Waals surface area contributed by atoms with E-state index in [4.69, 9.17) is 10.2 Å². The Bertz CT molecular complexity index is 849. The van der Waals surface area contributed by atoms with E-state index in [1.807, 2.05) is 0 Å². The second-order valence-electron chi connectivity index (χ2n) is 4.36. The van der Waals surface area contributed by atoms with Crippen LogP contribution in [0.2, 0.25) is 0 Å². The van der Waals surface area contributed by atoms with E-state index in [1.54, 1.807) is 0 Å². The summed E-state index contributed by atoms with van der Waals surface area (Å²) in [6.07, 6.45) is 0. The molecular weight excluding hydrogens is 324 g/mol. The molecule has 2 aromatic rings. The summed E-state index contributed by atoms with van der Waals surface area (Å²) in [5.41, 5.74) is 4.93. The van der Waals surface area contributed by atoms with Crippen LogP contribution >= 0.6 is 0 Å². The Labute approximate surface area is 131 Å².